The van der Waals surface area contributed by atoms with Crippen LogP contribution in [0, 0.1) is 0 Å². The number of carbonyl (C=O) groups is 1. The standard InChI is InChI=1S/C13H18O3/c1-10(15-2)4-9-13(14)11-5-7-12(16-3)8-6-11/h5-8,10H,4,9H2,1-3H3. The van der Waals surface area contributed by atoms with Crippen molar-refractivity contribution in [3.63, 3.8) is 0 Å². The lowest BCUT2D eigenvalue weighted by Gasteiger charge is -2.08. The molecule has 0 aromatic heterocycles. The van der Waals surface area contributed by atoms with Gasteiger partial charge < -0.3 is 9.47 Å². The van der Waals surface area contributed by atoms with Crippen molar-refractivity contribution in [2.75, 3.05) is 14.2 Å². The summed E-state index contributed by atoms with van der Waals surface area (Å²) >= 11 is 0. The molecule has 3 heteroatoms. The van der Waals surface area contributed by atoms with Crippen LogP contribution in [0.1, 0.15) is 30.1 Å². The van der Waals surface area contributed by atoms with Crippen LogP contribution in [0.5, 0.6) is 5.75 Å². The van der Waals surface area contributed by atoms with Crippen molar-refractivity contribution in [2.45, 2.75) is 25.9 Å². The summed E-state index contributed by atoms with van der Waals surface area (Å²) < 4.78 is 10.1. The summed E-state index contributed by atoms with van der Waals surface area (Å²) in [6.07, 6.45) is 1.39. The van der Waals surface area contributed by atoms with Gasteiger partial charge in [-0.25, -0.2) is 0 Å². The van der Waals surface area contributed by atoms with Gasteiger partial charge in [0, 0.05) is 19.1 Å². The van der Waals surface area contributed by atoms with E-state index in [1.54, 1.807) is 38.5 Å². The van der Waals surface area contributed by atoms with Crippen molar-refractivity contribution in [1.29, 1.82) is 0 Å². The van der Waals surface area contributed by atoms with E-state index in [4.69, 9.17) is 9.47 Å². The maximum absolute atomic E-state index is 11.8. The molecule has 88 valence electrons. The summed E-state index contributed by atoms with van der Waals surface area (Å²) in [5.41, 5.74) is 0.726. The maximum Gasteiger partial charge on any atom is 0.162 e. The molecule has 0 aliphatic carbocycles. The Bertz CT molecular complexity index is 330. The first kappa shape index (κ1) is 12.7. The van der Waals surface area contributed by atoms with Gasteiger partial charge in [-0.2, -0.15) is 0 Å². The average molecular weight is 222 g/mol. The normalized spacial score (nSPS) is 12.2. The fourth-order valence-electron chi connectivity index (χ4n) is 1.37. The Morgan fingerprint density at radius 1 is 1.25 bits per heavy atom. The van der Waals surface area contributed by atoms with E-state index in [1.165, 1.54) is 0 Å². The van der Waals surface area contributed by atoms with Crippen LogP contribution in [0.4, 0.5) is 0 Å². The van der Waals surface area contributed by atoms with Crippen molar-refractivity contribution >= 4 is 5.78 Å². The van der Waals surface area contributed by atoms with Gasteiger partial charge in [0.1, 0.15) is 5.75 Å². The third-order valence-electron chi connectivity index (χ3n) is 2.59. The third-order valence-corrected chi connectivity index (χ3v) is 2.59. The molecule has 1 rings (SSSR count). The molecule has 0 bridgehead atoms. The first-order valence-corrected chi connectivity index (χ1v) is 5.37. The SMILES string of the molecule is COc1ccc(C(=O)CCC(C)OC)cc1. The van der Waals surface area contributed by atoms with E-state index in [2.05, 4.69) is 0 Å². The van der Waals surface area contributed by atoms with Crippen LogP contribution >= 0.6 is 0 Å². The highest BCUT2D eigenvalue weighted by Gasteiger charge is 2.08. The molecule has 0 aliphatic heterocycles. The summed E-state index contributed by atoms with van der Waals surface area (Å²) in [7, 11) is 3.26. The van der Waals surface area contributed by atoms with Gasteiger partial charge in [0.25, 0.3) is 0 Å². The molecule has 1 aromatic carbocycles. The van der Waals surface area contributed by atoms with Crippen molar-refractivity contribution in [3.8, 4) is 5.75 Å². The van der Waals surface area contributed by atoms with Crippen LogP contribution < -0.4 is 4.74 Å². The second-order valence-electron chi connectivity index (χ2n) is 3.74. The van der Waals surface area contributed by atoms with Crippen LogP contribution in [0.3, 0.4) is 0 Å². The second kappa shape index (κ2) is 6.28. The Kier molecular flexibility index (Phi) is 4.99. The molecule has 0 spiro atoms. The molecular formula is C13H18O3. The van der Waals surface area contributed by atoms with E-state index >= 15 is 0 Å². The smallest absolute Gasteiger partial charge is 0.162 e. The summed E-state index contributed by atoms with van der Waals surface area (Å²) in [4.78, 5) is 11.8. The summed E-state index contributed by atoms with van der Waals surface area (Å²) in [6.45, 7) is 1.96. The molecule has 0 N–H and O–H groups in total. The van der Waals surface area contributed by atoms with Gasteiger partial charge >= 0.3 is 0 Å². The molecule has 1 atom stereocenters. The molecule has 0 fully saturated rings. The van der Waals surface area contributed by atoms with E-state index < -0.39 is 0 Å². The summed E-state index contributed by atoms with van der Waals surface area (Å²) in [5, 5.41) is 0. The zero-order valence-electron chi connectivity index (χ0n) is 10.0. The number of ketones is 1. The van der Waals surface area contributed by atoms with Crippen molar-refractivity contribution in [1.82, 2.24) is 0 Å². The molecule has 16 heavy (non-hydrogen) atoms. The number of carbonyl (C=O) groups excluding carboxylic acids is 1. The lowest BCUT2D eigenvalue weighted by molar-refractivity contribution is 0.0878. The zero-order chi connectivity index (χ0) is 12.0. The Morgan fingerprint density at radius 2 is 1.88 bits per heavy atom. The molecule has 0 saturated heterocycles. The number of hydrogen-bond donors (Lipinski definition) is 0. The number of hydrogen-bond acceptors (Lipinski definition) is 3. The summed E-state index contributed by atoms with van der Waals surface area (Å²) in [6, 6.07) is 7.18. The molecule has 1 aromatic rings. The van der Waals surface area contributed by atoms with E-state index in [9.17, 15) is 4.79 Å². The average Bonchev–Trinajstić information content (AvgIpc) is 2.35. The molecule has 0 aliphatic rings. The first-order valence-electron chi connectivity index (χ1n) is 5.37. The topological polar surface area (TPSA) is 35.5 Å². The first-order chi connectivity index (χ1) is 7.67. The highest BCUT2D eigenvalue weighted by atomic mass is 16.5. The lowest BCUT2D eigenvalue weighted by atomic mass is 10.0. The number of Topliss-reactive ketones (excluding diaryl/α,β-unsaturated/α-hetero) is 1. The number of ether oxygens (including phenoxy) is 2. The minimum Gasteiger partial charge on any atom is -0.497 e. The van der Waals surface area contributed by atoms with E-state index in [-0.39, 0.29) is 11.9 Å². The van der Waals surface area contributed by atoms with Crippen molar-refractivity contribution < 1.29 is 14.3 Å². The predicted molar refractivity (Wildman–Crippen MR) is 63.0 cm³/mol. The minimum absolute atomic E-state index is 0.127. The predicted octanol–water partition coefficient (Wildman–Crippen LogP) is 2.69. The highest BCUT2D eigenvalue weighted by Crippen LogP contribution is 2.14. The van der Waals surface area contributed by atoms with E-state index in [0.29, 0.717) is 6.42 Å². The fraction of sp³-hybridized carbons (Fsp3) is 0.462. The molecular weight excluding hydrogens is 204 g/mol. The number of benzene rings is 1. The minimum atomic E-state index is 0.127. The Morgan fingerprint density at radius 3 is 2.38 bits per heavy atom. The molecule has 3 nitrogen and oxygen atoms in total. The van der Waals surface area contributed by atoms with Crippen LogP contribution in [0.15, 0.2) is 24.3 Å². The molecule has 0 radical (unpaired) electrons. The van der Waals surface area contributed by atoms with Crippen LogP contribution in [-0.2, 0) is 4.74 Å². The number of methoxy groups -OCH3 is 2. The highest BCUT2D eigenvalue weighted by molar-refractivity contribution is 5.96. The zero-order valence-corrected chi connectivity index (χ0v) is 10.0. The molecule has 0 saturated carbocycles. The Balaban J connectivity index is 2.52. The van der Waals surface area contributed by atoms with Crippen LogP contribution in [-0.4, -0.2) is 26.1 Å². The van der Waals surface area contributed by atoms with Gasteiger partial charge in [-0.15, -0.1) is 0 Å². The van der Waals surface area contributed by atoms with Crippen LogP contribution in [0.25, 0.3) is 0 Å². The number of rotatable bonds is 6. The lowest BCUT2D eigenvalue weighted by Crippen LogP contribution is -2.08. The van der Waals surface area contributed by atoms with Gasteiger partial charge in [-0.3, -0.25) is 4.79 Å². The fourth-order valence-corrected chi connectivity index (χ4v) is 1.37. The largest absolute Gasteiger partial charge is 0.497 e. The van der Waals surface area contributed by atoms with Crippen LogP contribution in [0.2, 0.25) is 0 Å². The molecule has 0 heterocycles. The Labute approximate surface area is 96.4 Å². The van der Waals surface area contributed by atoms with Gasteiger partial charge in [0.05, 0.1) is 13.2 Å². The van der Waals surface area contributed by atoms with Gasteiger partial charge in [-0.05, 0) is 37.6 Å². The van der Waals surface area contributed by atoms with E-state index in [0.717, 1.165) is 17.7 Å². The third kappa shape index (κ3) is 3.66. The van der Waals surface area contributed by atoms with Gasteiger partial charge in [-0.1, -0.05) is 0 Å². The van der Waals surface area contributed by atoms with Gasteiger partial charge in [0.2, 0.25) is 0 Å². The molecule has 1 unspecified atom stereocenters. The van der Waals surface area contributed by atoms with Gasteiger partial charge in [0.15, 0.2) is 5.78 Å². The summed E-state index contributed by atoms with van der Waals surface area (Å²) in [5.74, 6) is 0.911. The Hall–Kier alpha value is -1.35. The maximum atomic E-state index is 11.8. The molecule has 0 amide bonds. The second-order valence-corrected chi connectivity index (χ2v) is 3.74. The van der Waals surface area contributed by atoms with Crippen molar-refractivity contribution in [2.24, 2.45) is 0 Å². The quantitative estimate of drug-likeness (QED) is 0.694. The monoisotopic (exact) mass is 222 g/mol. The van der Waals surface area contributed by atoms with E-state index in [1.807, 2.05) is 6.92 Å². The van der Waals surface area contributed by atoms with Crippen molar-refractivity contribution in [3.05, 3.63) is 29.8 Å².